The second kappa shape index (κ2) is 8.80. The molecule has 1 amide bonds. The third-order valence-corrected chi connectivity index (χ3v) is 5.49. The highest BCUT2D eigenvalue weighted by Crippen LogP contribution is 2.37. The van der Waals surface area contributed by atoms with Crippen LogP contribution in [-0.4, -0.2) is 29.9 Å². The maximum absolute atomic E-state index is 12.1. The van der Waals surface area contributed by atoms with Crippen molar-refractivity contribution in [3.63, 3.8) is 0 Å². The van der Waals surface area contributed by atoms with Gasteiger partial charge in [-0.05, 0) is 24.5 Å². The molecule has 7 heteroatoms. The molecular weight excluding hydrogens is 362 g/mol. The molecule has 27 heavy (non-hydrogen) atoms. The van der Waals surface area contributed by atoms with E-state index in [2.05, 4.69) is 28.4 Å². The second-order valence-corrected chi connectivity index (χ2v) is 7.40. The minimum Gasteiger partial charge on any atom is -0.466 e. The number of carbonyl (C=O) groups is 2. The van der Waals surface area contributed by atoms with Crippen molar-refractivity contribution in [1.82, 2.24) is 4.90 Å². The predicted octanol–water partition coefficient (Wildman–Crippen LogP) is 3.07. The van der Waals surface area contributed by atoms with E-state index in [1.54, 1.807) is 6.92 Å². The molecule has 0 radical (unpaired) electrons. The summed E-state index contributed by atoms with van der Waals surface area (Å²) in [5, 5.41) is 12.8. The summed E-state index contributed by atoms with van der Waals surface area (Å²) >= 11 is 1.42. The van der Waals surface area contributed by atoms with Gasteiger partial charge in [0.1, 0.15) is 17.5 Å². The molecule has 1 N–H and O–H groups in total. The first-order chi connectivity index (χ1) is 13.1. The second-order valence-electron chi connectivity index (χ2n) is 6.30. The first-order valence-corrected chi connectivity index (χ1v) is 9.68. The molecule has 3 rings (SSSR count). The SMILES string of the molecule is CCOC(=O)CC(=O)Nc1sc2c(c1C#N)CCN(Cc1ccccc1)C2. The lowest BCUT2D eigenvalue weighted by molar-refractivity contribution is -0.145. The van der Waals surface area contributed by atoms with E-state index in [9.17, 15) is 14.9 Å². The van der Waals surface area contributed by atoms with Crippen LogP contribution in [0.15, 0.2) is 30.3 Å². The Labute approximate surface area is 162 Å². The third-order valence-electron chi connectivity index (χ3n) is 4.36. The van der Waals surface area contributed by atoms with E-state index < -0.39 is 11.9 Å². The largest absolute Gasteiger partial charge is 0.466 e. The molecule has 6 nitrogen and oxygen atoms in total. The molecule has 0 atom stereocenters. The molecule has 1 aromatic carbocycles. The fraction of sp³-hybridized carbons (Fsp3) is 0.350. The Hall–Kier alpha value is -2.69. The Balaban J connectivity index is 1.70. The van der Waals surface area contributed by atoms with Crippen molar-refractivity contribution >= 4 is 28.2 Å². The van der Waals surface area contributed by atoms with Crippen LogP contribution in [0.4, 0.5) is 5.00 Å². The number of nitriles is 1. The lowest BCUT2D eigenvalue weighted by Crippen LogP contribution is -2.29. The van der Waals surface area contributed by atoms with Gasteiger partial charge in [0.2, 0.25) is 5.91 Å². The topological polar surface area (TPSA) is 82.4 Å². The monoisotopic (exact) mass is 383 g/mol. The summed E-state index contributed by atoms with van der Waals surface area (Å²) in [6.07, 6.45) is 0.427. The summed E-state index contributed by atoms with van der Waals surface area (Å²) in [6, 6.07) is 12.5. The Kier molecular flexibility index (Phi) is 6.22. The summed E-state index contributed by atoms with van der Waals surface area (Å²) in [4.78, 5) is 26.9. The number of esters is 1. The average Bonchev–Trinajstić information content (AvgIpc) is 2.98. The quantitative estimate of drug-likeness (QED) is 0.612. The van der Waals surface area contributed by atoms with Crippen molar-refractivity contribution in [1.29, 1.82) is 5.26 Å². The van der Waals surface area contributed by atoms with E-state index in [0.717, 1.165) is 36.5 Å². The molecule has 0 spiro atoms. The molecule has 2 aromatic rings. The summed E-state index contributed by atoms with van der Waals surface area (Å²) in [7, 11) is 0. The van der Waals surface area contributed by atoms with Gasteiger partial charge in [-0.15, -0.1) is 11.3 Å². The van der Waals surface area contributed by atoms with E-state index in [0.29, 0.717) is 10.6 Å². The first kappa shape index (κ1) is 19.1. The van der Waals surface area contributed by atoms with Crippen molar-refractivity contribution in [3.05, 3.63) is 51.9 Å². The highest BCUT2D eigenvalue weighted by molar-refractivity contribution is 7.16. The van der Waals surface area contributed by atoms with Crippen LogP contribution in [0.5, 0.6) is 0 Å². The Bertz CT molecular complexity index is 871. The Morgan fingerprint density at radius 2 is 2.11 bits per heavy atom. The van der Waals surface area contributed by atoms with E-state index in [1.165, 1.54) is 16.9 Å². The summed E-state index contributed by atoms with van der Waals surface area (Å²) < 4.78 is 4.79. The molecule has 0 saturated heterocycles. The van der Waals surface area contributed by atoms with E-state index in [-0.39, 0.29) is 13.0 Å². The van der Waals surface area contributed by atoms with Gasteiger partial charge < -0.3 is 10.1 Å². The van der Waals surface area contributed by atoms with E-state index in [4.69, 9.17) is 4.74 Å². The van der Waals surface area contributed by atoms with Crippen molar-refractivity contribution in [2.75, 3.05) is 18.5 Å². The molecule has 0 fully saturated rings. The van der Waals surface area contributed by atoms with Gasteiger partial charge >= 0.3 is 5.97 Å². The lowest BCUT2D eigenvalue weighted by atomic mass is 10.0. The molecule has 140 valence electrons. The zero-order valence-corrected chi connectivity index (χ0v) is 16.0. The molecule has 0 unspecified atom stereocenters. The number of hydrogen-bond acceptors (Lipinski definition) is 6. The van der Waals surface area contributed by atoms with Crippen LogP contribution in [-0.2, 0) is 33.8 Å². The zero-order chi connectivity index (χ0) is 19.2. The molecule has 1 aromatic heterocycles. The van der Waals surface area contributed by atoms with Crippen LogP contribution in [0, 0.1) is 11.3 Å². The fourth-order valence-corrected chi connectivity index (χ4v) is 4.41. The number of amides is 1. The molecule has 1 aliphatic heterocycles. The average molecular weight is 383 g/mol. The summed E-state index contributed by atoms with van der Waals surface area (Å²) in [5.74, 6) is -1.02. The van der Waals surface area contributed by atoms with Crippen molar-refractivity contribution in [3.8, 4) is 6.07 Å². The molecule has 0 bridgehead atoms. The Morgan fingerprint density at radius 3 is 2.81 bits per heavy atom. The number of nitrogens with one attached hydrogen (secondary N) is 1. The smallest absolute Gasteiger partial charge is 0.315 e. The predicted molar refractivity (Wildman–Crippen MR) is 103 cm³/mol. The zero-order valence-electron chi connectivity index (χ0n) is 15.2. The number of benzene rings is 1. The van der Waals surface area contributed by atoms with Crippen LogP contribution in [0.3, 0.4) is 0 Å². The van der Waals surface area contributed by atoms with Crippen molar-refractivity contribution < 1.29 is 14.3 Å². The van der Waals surface area contributed by atoms with Crippen LogP contribution < -0.4 is 5.32 Å². The van der Waals surface area contributed by atoms with Crippen molar-refractivity contribution in [2.24, 2.45) is 0 Å². The highest BCUT2D eigenvalue weighted by Gasteiger charge is 2.25. The number of hydrogen-bond donors (Lipinski definition) is 1. The highest BCUT2D eigenvalue weighted by atomic mass is 32.1. The number of rotatable bonds is 6. The number of thiophene rings is 1. The maximum Gasteiger partial charge on any atom is 0.315 e. The standard InChI is InChI=1S/C20H21N3O3S/c1-2-26-19(25)10-18(24)22-20-16(11-21)15-8-9-23(13-17(15)27-20)12-14-6-4-3-5-7-14/h3-7H,2,8-10,12-13H2,1H3,(H,22,24). The van der Waals surface area contributed by atoms with Gasteiger partial charge in [0.15, 0.2) is 0 Å². The van der Waals surface area contributed by atoms with Crippen molar-refractivity contribution in [2.45, 2.75) is 32.9 Å². The maximum atomic E-state index is 12.1. The van der Waals surface area contributed by atoms with Gasteiger partial charge in [-0.2, -0.15) is 5.26 Å². The van der Waals surface area contributed by atoms with Gasteiger partial charge in [0.25, 0.3) is 0 Å². The molecule has 0 saturated carbocycles. The summed E-state index contributed by atoms with van der Waals surface area (Å²) in [5.41, 5.74) is 2.78. The number of fused-ring (bicyclic) bond motifs is 1. The van der Waals surface area contributed by atoms with E-state index in [1.807, 2.05) is 18.2 Å². The van der Waals surface area contributed by atoms with Gasteiger partial charge in [-0.1, -0.05) is 30.3 Å². The number of anilines is 1. The number of carbonyl (C=O) groups excluding carboxylic acids is 2. The van der Waals surface area contributed by atoms with Crippen LogP contribution in [0.2, 0.25) is 0 Å². The fourth-order valence-electron chi connectivity index (χ4n) is 3.15. The summed E-state index contributed by atoms with van der Waals surface area (Å²) in [6.45, 7) is 4.39. The van der Waals surface area contributed by atoms with Crippen LogP contribution in [0.25, 0.3) is 0 Å². The lowest BCUT2D eigenvalue weighted by Gasteiger charge is -2.26. The van der Waals surface area contributed by atoms with Gasteiger partial charge in [0.05, 0.1) is 12.2 Å². The van der Waals surface area contributed by atoms with Gasteiger partial charge in [-0.3, -0.25) is 14.5 Å². The third kappa shape index (κ3) is 4.73. The van der Waals surface area contributed by atoms with Crippen LogP contribution in [0.1, 0.15) is 34.9 Å². The first-order valence-electron chi connectivity index (χ1n) is 8.87. The van der Waals surface area contributed by atoms with Gasteiger partial charge in [0, 0.05) is 24.5 Å². The van der Waals surface area contributed by atoms with E-state index >= 15 is 0 Å². The van der Waals surface area contributed by atoms with Gasteiger partial charge in [-0.25, -0.2) is 0 Å². The number of nitrogens with zero attached hydrogens (tertiary/aromatic N) is 2. The number of ether oxygens (including phenoxy) is 1. The Morgan fingerprint density at radius 1 is 1.33 bits per heavy atom. The minimum atomic E-state index is -0.566. The molecule has 2 heterocycles. The molecule has 0 aliphatic carbocycles. The minimum absolute atomic E-state index is 0.236. The normalized spacial score (nSPS) is 13.5. The molecule has 1 aliphatic rings. The molecular formula is C20H21N3O3S. The van der Waals surface area contributed by atoms with Crippen LogP contribution >= 0.6 is 11.3 Å².